The Balaban J connectivity index is 2.73. The summed E-state index contributed by atoms with van der Waals surface area (Å²) in [7, 11) is 1.50. The molecule has 0 unspecified atom stereocenters. The summed E-state index contributed by atoms with van der Waals surface area (Å²) in [5, 5.41) is 9.90. The summed E-state index contributed by atoms with van der Waals surface area (Å²) in [6.45, 7) is 1.31. The van der Waals surface area contributed by atoms with Crippen molar-refractivity contribution < 1.29 is 28.2 Å². The zero-order valence-electron chi connectivity index (χ0n) is 10.0. The van der Waals surface area contributed by atoms with Crippen LogP contribution in [0, 0.1) is 0 Å². The van der Waals surface area contributed by atoms with Gasteiger partial charge in [-0.15, -0.1) is 0 Å². The molecule has 0 aromatic carbocycles. The van der Waals surface area contributed by atoms with Crippen molar-refractivity contribution in [3.63, 3.8) is 0 Å². The Labute approximate surface area is 98.9 Å². The van der Waals surface area contributed by atoms with Crippen LogP contribution in [0.25, 0.3) is 0 Å². The number of rotatable bonds is 4. The van der Waals surface area contributed by atoms with Gasteiger partial charge < -0.3 is 14.6 Å². The minimum absolute atomic E-state index is 0.131. The second kappa shape index (κ2) is 5.27. The molecule has 1 fully saturated rings. The molecule has 0 amide bonds. The lowest BCUT2D eigenvalue weighted by Gasteiger charge is -2.39. The van der Waals surface area contributed by atoms with Crippen LogP contribution in [-0.2, 0) is 14.3 Å². The predicted molar refractivity (Wildman–Crippen MR) is 55.8 cm³/mol. The van der Waals surface area contributed by atoms with Crippen molar-refractivity contribution >= 4 is 5.97 Å². The lowest BCUT2D eigenvalue weighted by Crippen LogP contribution is -2.56. The van der Waals surface area contributed by atoms with Gasteiger partial charge in [0.15, 0.2) is 0 Å². The van der Waals surface area contributed by atoms with Crippen LogP contribution in [0.3, 0.4) is 0 Å². The van der Waals surface area contributed by atoms with Crippen molar-refractivity contribution in [1.29, 1.82) is 0 Å². The van der Waals surface area contributed by atoms with Crippen LogP contribution in [0.2, 0.25) is 0 Å². The van der Waals surface area contributed by atoms with E-state index in [4.69, 9.17) is 4.74 Å². The van der Waals surface area contributed by atoms with E-state index >= 15 is 0 Å². The van der Waals surface area contributed by atoms with Crippen LogP contribution in [0.4, 0.5) is 8.78 Å². The summed E-state index contributed by atoms with van der Waals surface area (Å²) < 4.78 is 36.8. The number of carbonyl (C=O) groups is 1. The number of esters is 1. The summed E-state index contributed by atoms with van der Waals surface area (Å²) in [6.07, 6.45) is 0.145. The standard InChI is InChI=1S/C11H18F2O4/c1-3-17-9(14)11(12,13)10(15)6-4-8(16-2)5-7-10/h8,15H,3-7H2,1-2H3. The first-order valence-electron chi connectivity index (χ1n) is 5.67. The number of halogens is 2. The molecule has 0 spiro atoms. The summed E-state index contributed by atoms with van der Waals surface area (Å²) >= 11 is 0. The van der Waals surface area contributed by atoms with E-state index in [2.05, 4.69) is 4.74 Å². The SMILES string of the molecule is CCOC(=O)C(F)(F)C1(O)CCC(OC)CC1. The second-order valence-corrected chi connectivity index (χ2v) is 4.26. The highest BCUT2D eigenvalue weighted by molar-refractivity contribution is 5.79. The number of ether oxygens (including phenoxy) is 2. The molecule has 1 N–H and O–H groups in total. The molecule has 6 heteroatoms. The number of methoxy groups -OCH3 is 1. The maximum atomic E-state index is 13.7. The molecule has 100 valence electrons. The van der Waals surface area contributed by atoms with Crippen LogP contribution in [0.1, 0.15) is 32.6 Å². The summed E-state index contributed by atoms with van der Waals surface area (Å²) in [5.41, 5.74) is -2.31. The first kappa shape index (κ1) is 14.3. The first-order chi connectivity index (χ1) is 7.87. The monoisotopic (exact) mass is 252 g/mol. The number of alkyl halides is 2. The molecule has 0 heterocycles. The van der Waals surface area contributed by atoms with E-state index in [1.807, 2.05) is 0 Å². The lowest BCUT2D eigenvalue weighted by molar-refractivity contribution is -0.224. The molecule has 17 heavy (non-hydrogen) atoms. The van der Waals surface area contributed by atoms with Crippen molar-refractivity contribution in [2.45, 2.75) is 50.2 Å². The average Bonchev–Trinajstić information content (AvgIpc) is 2.30. The molecule has 1 saturated carbocycles. The number of carbonyl (C=O) groups excluding carboxylic acids is 1. The molecule has 0 bridgehead atoms. The highest BCUT2D eigenvalue weighted by Crippen LogP contribution is 2.41. The molecule has 0 atom stereocenters. The summed E-state index contributed by atoms with van der Waals surface area (Å²) in [5.74, 6) is -5.51. The largest absolute Gasteiger partial charge is 0.461 e. The molecule has 1 aliphatic carbocycles. The van der Waals surface area contributed by atoms with E-state index in [0.717, 1.165) is 0 Å². The van der Waals surface area contributed by atoms with Crippen molar-refractivity contribution in [1.82, 2.24) is 0 Å². The van der Waals surface area contributed by atoms with Gasteiger partial charge in [-0.1, -0.05) is 0 Å². The van der Waals surface area contributed by atoms with Crippen LogP contribution in [0.15, 0.2) is 0 Å². The van der Waals surface area contributed by atoms with Gasteiger partial charge in [-0.25, -0.2) is 4.79 Å². The van der Waals surface area contributed by atoms with E-state index < -0.39 is 17.5 Å². The van der Waals surface area contributed by atoms with Gasteiger partial charge in [-0.05, 0) is 32.6 Å². The zero-order valence-corrected chi connectivity index (χ0v) is 10.0. The Morgan fingerprint density at radius 1 is 1.47 bits per heavy atom. The quantitative estimate of drug-likeness (QED) is 0.770. The van der Waals surface area contributed by atoms with E-state index in [1.165, 1.54) is 14.0 Å². The van der Waals surface area contributed by atoms with Gasteiger partial charge in [0.2, 0.25) is 0 Å². The zero-order chi connectivity index (χ0) is 13.1. The maximum absolute atomic E-state index is 13.7. The lowest BCUT2D eigenvalue weighted by atomic mass is 9.79. The molecule has 4 nitrogen and oxygen atoms in total. The summed E-state index contributed by atoms with van der Waals surface area (Å²) in [6, 6.07) is 0. The van der Waals surface area contributed by atoms with Crippen LogP contribution in [-0.4, -0.2) is 42.4 Å². The van der Waals surface area contributed by atoms with E-state index in [1.54, 1.807) is 0 Å². The van der Waals surface area contributed by atoms with Crippen molar-refractivity contribution in [3.8, 4) is 0 Å². The molecule has 0 radical (unpaired) electrons. The number of hydrogen-bond donors (Lipinski definition) is 1. The van der Waals surface area contributed by atoms with E-state index in [-0.39, 0.29) is 25.6 Å². The highest BCUT2D eigenvalue weighted by atomic mass is 19.3. The van der Waals surface area contributed by atoms with Gasteiger partial charge in [-0.2, -0.15) is 8.78 Å². The normalized spacial score (nSPS) is 30.1. The third-order valence-corrected chi connectivity index (χ3v) is 3.21. The van der Waals surface area contributed by atoms with Crippen molar-refractivity contribution in [2.75, 3.05) is 13.7 Å². The Kier molecular flexibility index (Phi) is 4.43. The average molecular weight is 252 g/mol. The van der Waals surface area contributed by atoms with Gasteiger partial charge in [0.25, 0.3) is 0 Å². The van der Waals surface area contributed by atoms with Crippen LogP contribution < -0.4 is 0 Å². The van der Waals surface area contributed by atoms with Gasteiger partial charge in [0, 0.05) is 7.11 Å². The van der Waals surface area contributed by atoms with Crippen molar-refractivity contribution in [2.24, 2.45) is 0 Å². The highest BCUT2D eigenvalue weighted by Gasteiger charge is 2.60. The Morgan fingerprint density at radius 3 is 2.41 bits per heavy atom. The van der Waals surface area contributed by atoms with Gasteiger partial charge in [0.05, 0.1) is 12.7 Å². The third-order valence-electron chi connectivity index (χ3n) is 3.21. The smallest absolute Gasteiger partial charge is 0.380 e. The fraction of sp³-hybridized carbons (Fsp3) is 0.909. The summed E-state index contributed by atoms with van der Waals surface area (Å²) in [4.78, 5) is 11.2. The minimum atomic E-state index is -3.86. The fourth-order valence-electron chi connectivity index (χ4n) is 2.03. The van der Waals surface area contributed by atoms with E-state index in [0.29, 0.717) is 12.8 Å². The van der Waals surface area contributed by atoms with Gasteiger partial charge in [-0.3, -0.25) is 0 Å². The molecular weight excluding hydrogens is 234 g/mol. The second-order valence-electron chi connectivity index (χ2n) is 4.26. The number of aliphatic hydroxyl groups is 1. The molecule has 0 aromatic heterocycles. The molecule has 0 saturated heterocycles. The minimum Gasteiger partial charge on any atom is -0.461 e. The molecule has 0 aromatic rings. The van der Waals surface area contributed by atoms with Crippen LogP contribution in [0.5, 0.6) is 0 Å². The van der Waals surface area contributed by atoms with Crippen molar-refractivity contribution in [3.05, 3.63) is 0 Å². The predicted octanol–water partition coefficient (Wildman–Crippen LogP) is 1.50. The topological polar surface area (TPSA) is 55.8 Å². The maximum Gasteiger partial charge on any atom is 0.380 e. The molecule has 1 rings (SSSR count). The third kappa shape index (κ3) is 2.74. The Bertz CT molecular complexity index is 273. The van der Waals surface area contributed by atoms with Gasteiger partial charge >= 0.3 is 11.9 Å². The fourth-order valence-corrected chi connectivity index (χ4v) is 2.03. The van der Waals surface area contributed by atoms with Crippen LogP contribution >= 0.6 is 0 Å². The van der Waals surface area contributed by atoms with E-state index in [9.17, 15) is 18.7 Å². The molecule has 0 aliphatic heterocycles. The first-order valence-corrected chi connectivity index (χ1v) is 5.67. The Morgan fingerprint density at radius 2 is 2.00 bits per heavy atom. The molecule has 1 aliphatic rings. The number of hydrogen-bond acceptors (Lipinski definition) is 4. The molecular formula is C11H18F2O4. The Hall–Kier alpha value is -0.750. The van der Waals surface area contributed by atoms with Gasteiger partial charge in [0.1, 0.15) is 5.60 Å².